The molecule has 3 unspecified atom stereocenters. The first-order valence-electron chi connectivity index (χ1n) is 8.98. The second-order valence-corrected chi connectivity index (χ2v) is 7.67. The number of hydrogen-bond donors (Lipinski definition) is 0. The monoisotopic (exact) mass is 323 g/mol. The minimum absolute atomic E-state index is 0.296. The summed E-state index contributed by atoms with van der Waals surface area (Å²) >= 11 is 0. The fourth-order valence-corrected chi connectivity index (χ4v) is 4.71. The van der Waals surface area contributed by atoms with Gasteiger partial charge in [-0.15, -0.1) is 6.58 Å². The van der Waals surface area contributed by atoms with Gasteiger partial charge in [0.1, 0.15) is 5.75 Å². The molecule has 4 atom stereocenters. The Morgan fingerprint density at radius 3 is 3.00 bits per heavy atom. The number of ether oxygens (including phenoxy) is 1. The van der Waals surface area contributed by atoms with Crippen LogP contribution in [0.15, 0.2) is 43.1 Å². The fraction of sp³-hybridized carbons (Fsp3) is 0.476. The summed E-state index contributed by atoms with van der Waals surface area (Å²) in [5.74, 6) is 1.70. The molecule has 3 aliphatic rings. The summed E-state index contributed by atoms with van der Waals surface area (Å²) in [6.45, 7) is 8.87. The molecule has 5 rings (SSSR count). The number of aromatic nitrogens is 1. The molecule has 24 heavy (non-hydrogen) atoms. The first-order valence-corrected chi connectivity index (χ1v) is 8.98. The van der Waals surface area contributed by atoms with Crippen molar-refractivity contribution in [3.63, 3.8) is 0 Å². The average Bonchev–Trinajstić information content (AvgIpc) is 2.63. The van der Waals surface area contributed by atoms with Gasteiger partial charge in [-0.25, -0.2) is 4.98 Å². The zero-order chi connectivity index (χ0) is 16.7. The van der Waals surface area contributed by atoms with Crippen molar-refractivity contribution >= 4 is 10.9 Å². The Labute approximate surface area is 144 Å². The summed E-state index contributed by atoms with van der Waals surface area (Å²) in [6.07, 6.45) is 7.97. The van der Waals surface area contributed by atoms with Crippen molar-refractivity contribution in [1.82, 2.24) is 4.90 Å². The number of hydrogen-bond acceptors (Lipinski definition) is 2. The molecule has 3 saturated heterocycles. The molecule has 0 spiro atoms. The number of pyridine rings is 1. The predicted octanol–water partition coefficient (Wildman–Crippen LogP) is 3.49. The number of rotatable bonds is 4. The molecule has 3 nitrogen and oxygen atoms in total. The van der Waals surface area contributed by atoms with Crippen molar-refractivity contribution in [2.75, 3.05) is 20.2 Å². The molecule has 0 amide bonds. The number of benzene rings is 1. The van der Waals surface area contributed by atoms with Gasteiger partial charge in [-0.05, 0) is 49.4 Å². The van der Waals surface area contributed by atoms with Crippen LogP contribution in [0.4, 0.5) is 0 Å². The van der Waals surface area contributed by atoms with Gasteiger partial charge in [-0.3, -0.25) is 4.90 Å². The lowest BCUT2D eigenvalue weighted by Crippen LogP contribution is -2.57. The Morgan fingerprint density at radius 1 is 1.42 bits per heavy atom. The van der Waals surface area contributed by atoms with Crippen LogP contribution in [0, 0.1) is 11.3 Å². The molecule has 4 heterocycles. The van der Waals surface area contributed by atoms with Crippen LogP contribution < -0.4 is 9.72 Å². The third-order valence-electron chi connectivity index (χ3n) is 6.33. The Bertz CT molecular complexity index is 772. The van der Waals surface area contributed by atoms with Gasteiger partial charge < -0.3 is 4.74 Å². The van der Waals surface area contributed by atoms with Crippen LogP contribution in [0.3, 0.4) is 0 Å². The Balaban J connectivity index is 1.63. The molecule has 3 heteroatoms. The van der Waals surface area contributed by atoms with Gasteiger partial charge in [-0.1, -0.05) is 13.0 Å². The van der Waals surface area contributed by atoms with E-state index >= 15 is 0 Å². The van der Waals surface area contributed by atoms with Crippen molar-refractivity contribution in [2.24, 2.45) is 11.3 Å². The highest BCUT2D eigenvalue weighted by Crippen LogP contribution is 2.46. The second-order valence-electron chi connectivity index (χ2n) is 7.67. The summed E-state index contributed by atoms with van der Waals surface area (Å²) in [4.78, 5) is 6.04. The smallest absolute Gasteiger partial charge is 0.211 e. The highest BCUT2D eigenvalue weighted by molar-refractivity contribution is 5.80. The number of H-pyrrole nitrogens is 1. The maximum absolute atomic E-state index is 5.42. The van der Waals surface area contributed by atoms with Crippen molar-refractivity contribution in [2.45, 2.75) is 32.2 Å². The van der Waals surface area contributed by atoms with Crippen molar-refractivity contribution in [3.05, 3.63) is 48.7 Å². The van der Waals surface area contributed by atoms with E-state index in [2.05, 4.69) is 53.9 Å². The Kier molecular flexibility index (Phi) is 3.84. The summed E-state index contributed by atoms with van der Waals surface area (Å²) in [5.41, 5.74) is 2.89. The third kappa shape index (κ3) is 2.51. The first-order chi connectivity index (χ1) is 11.6. The van der Waals surface area contributed by atoms with Crippen LogP contribution in [-0.2, 0) is 6.42 Å². The summed E-state index contributed by atoms with van der Waals surface area (Å²) in [5, 5.41) is 1.28. The molecule has 1 aromatic carbocycles. The van der Waals surface area contributed by atoms with E-state index in [4.69, 9.17) is 4.74 Å². The van der Waals surface area contributed by atoms with Crippen LogP contribution in [0.1, 0.15) is 25.3 Å². The number of piperidine rings is 3. The summed E-state index contributed by atoms with van der Waals surface area (Å²) < 4.78 is 5.42. The van der Waals surface area contributed by atoms with E-state index in [-0.39, 0.29) is 0 Å². The van der Waals surface area contributed by atoms with Gasteiger partial charge in [0.2, 0.25) is 5.52 Å². The molecular formula is C21H27N2O+. The van der Waals surface area contributed by atoms with Crippen LogP contribution in [0.2, 0.25) is 0 Å². The lowest BCUT2D eigenvalue weighted by molar-refractivity contribution is -0.344. The molecule has 2 aromatic rings. The number of fused-ring (bicyclic) bond motifs is 4. The van der Waals surface area contributed by atoms with Crippen LogP contribution in [-0.4, -0.2) is 31.1 Å². The molecule has 1 aromatic heterocycles. The highest BCUT2D eigenvalue weighted by atomic mass is 16.5. The minimum Gasteiger partial charge on any atom is -0.497 e. The molecule has 1 N–H and O–H groups in total. The average molecular weight is 323 g/mol. The van der Waals surface area contributed by atoms with Gasteiger partial charge in [-0.2, -0.15) is 0 Å². The van der Waals surface area contributed by atoms with E-state index in [0.29, 0.717) is 11.5 Å². The van der Waals surface area contributed by atoms with E-state index in [1.165, 1.54) is 35.9 Å². The number of aromatic amines is 1. The van der Waals surface area contributed by atoms with E-state index in [1.54, 1.807) is 7.11 Å². The van der Waals surface area contributed by atoms with Crippen LogP contribution >= 0.6 is 0 Å². The number of methoxy groups -OCH3 is 1. The molecule has 0 aliphatic carbocycles. The highest BCUT2D eigenvalue weighted by Gasteiger charge is 2.45. The molecule has 3 aliphatic heterocycles. The van der Waals surface area contributed by atoms with Crippen molar-refractivity contribution < 1.29 is 9.72 Å². The normalized spacial score (nSPS) is 32.0. The molecule has 3 fully saturated rings. The van der Waals surface area contributed by atoms with Gasteiger partial charge in [0, 0.05) is 30.1 Å². The lowest BCUT2D eigenvalue weighted by Gasteiger charge is -2.54. The van der Waals surface area contributed by atoms with Crippen LogP contribution in [0.5, 0.6) is 5.75 Å². The van der Waals surface area contributed by atoms with Crippen molar-refractivity contribution in [3.8, 4) is 5.75 Å². The maximum Gasteiger partial charge on any atom is 0.211 e. The van der Waals surface area contributed by atoms with Gasteiger partial charge >= 0.3 is 0 Å². The SMILES string of the molecule is C=C[C@@]1(C)CN2CCC1CC2Cc1cc[nH+]c2ccc(OC)cc12. The minimum atomic E-state index is 0.296. The van der Waals surface area contributed by atoms with E-state index < -0.39 is 0 Å². The molecule has 2 bridgehead atoms. The quantitative estimate of drug-likeness (QED) is 0.805. The molecule has 126 valence electrons. The van der Waals surface area contributed by atoms with Gasteiger partial charge in [0.05, 0.1) is 12.5 Å². The van der Waals surface area contributed by atoms with Gasteiger partial charge in [0.25, 0.3) is 0 Å². The predicted molar refractivity (Wildman–Crippen MR) is 97.1 cm³/mol. The molecule has 0 radical (unpaired) electrons. The number of nitrogens with one attached hydrogen (secondary N) is 1. The summed E-state index contributed by atoms with van der Waals surface area (Å²) in [7, 11) is 1.73. The van der Waals surface area contributed by atoms with Crippen molar-refractivity contribution in [1.29, 1.82) is 0 Å². The molecular weight excluding hydrogens is 296 g/mol. The topological polar surface area (TPSA) is 26.6 Å². The largest absolute Gasteiger partial charge is 0.497 e. The molecule has 0 saturated carbocycles. The maximum atomic E-state index is 5.42. The zero-order valence-corrected chi connectivity index (χ0v) is 14.7. The van der Waals surface area contributed by atoms with E-state index in [0.717, 1.165) is 24.6 Å². The fourth-order valence-electron chi connectivity index (χ4n) is 4.71. The Morgan fingerprint density at radius 2 is 2.29 bits per heavy atom. The lowest BCUT2D eigenvalue weighted by atomic mass is 9.65. The van der Waals surface area contributed by atoms with E-state index in [9.17, 15) is 0 Å². The number of nitrogens with zero attached hydrogens (tertiary/aromatic N) is 1. The third-order valence-corrected chi connectivity index (χ3v) is 6.33. The standard InChI is InChI=1S/C21H26N2O/c1-4-21(2)14-23-10-8-16(21)12-17(23)11-15-7-9-22-20-6-5-18(24-3)13-19(15)20/h4-7,9,13,16-17H,1,8,10-12,14H2,2-3H3/p+1/t16?,17?,21-/m0/s1. The van der Waals surface area contributed by atoms with Crippen LogP contribution in [0.25, 0.3) is 10.9 Å². The second kappa shape index (κ2) is 5.89. The van der Waals surface area contributed by atoms with E-state index in [1.807, 2.05) is 6.07 Å². The zero-order valence-electron chi connectivity index (χ0n) is 14.7. The summed E-state index contributed by atoms with van der Waals surface area (Å²) in [6, 6.07) is 9.17. The first kappa shape index (κ1) is 15.6. The Hall–Kier alpha value is -1.87. The van der Waals surface area contributed by atoms with Gasteiger partial charge in [0.15, 0.2) is 6.20 Å².